The van der Waals surface area contributed by atoms with Crippen LogP contribution in [0.5, 0.6) is 5.75 Å². The van der Waals surface area contributed by atoms with Gasteiger partial charge in [0.15, 0.2) is 6.10 Å². The van der Waals surface area contributed by atoms with Gasteiger partial charge in [-0.1, -0.05) is 41.1 Å². The zero-order valence-corrected chi connectivity index (χ0v) is 17.0. The number of carbonyl (C=O) groups excluding carboxylic acids is 1. The predicted molar refractivity (Wildman–Crippen MR) is 112 cm³/mol. The number of hydrogen-bond donors (Lipinski definition) is 1. The Balaban J connectivity index is 1.39. The van der Waals surface area contributed by atoms with Gasteiger partial charge in [0.05, 0.1) is 0 Å². The number of aromatic nitrogens is 2. The van der Waals surface area contributed by atoms with E-state index in [2.05, 4.69) is 27.6 Å². The van der Waals surface area contributed by atoms with Gasteiger partial charge in [0.1, 0.15) is 10.8 Å². The second-order valence-corrected chi connectivity index (χ2v) is 8.22. The summed E-state index contributed by atoms with van der Waals surface area (Å²) in [7, 11) is 0. The van der Waals surface area contributed by atoms with Crippen LogP contribution in [0.15, 0.2) is 42.5 Å². The van der Waals surface area contributed by atoms with Crippen molar-refractivity contribution in [3.63, 3.8) is 0 Å². The SMILES string of the molecule is C[C@H](Oc1ccc2c(c1)CCCC2)C(=O)Nc1nnc(-c2ccc(Cl)cc2)s1. The molecule has 1 atom stereocenters. The fraction of sp³-hybridized carbons (Fsp3) is 0.286. The fourth-order valence-electron chi connectivity index (χ4n) is 3.23. The van der Waals surface area contributed by atoms with Crippen LogP contribution in [-0.4, -0.2) is 22.2 Å². The van der Waals surface area contributed by atoms with Gasteiger partial charge < -0.3 is 4.74 Å². The molecule has 0 spiro atoms. The van der Waals surface area contributed by atoms with Crippen LogP contribution in [0.25, 0.3) is 10.6 Å². The molecular formula is C21H20ClN3O2S. The van der Waals surface area contributed by atoms with E-state index in [0.29, 0.717) is 10.2 Å². The van der Waals surface area contributed by atoms with E-state index in [0.717, 1.165) is 29.2 Å². The van der Waals surface area contributed by atoms with Gasteiger partial charge in [-0.15, -0.1) is 10.2 Å². The number of ether oxygens (including phenoxy) is 1. The van der Waals surface area contributed by atoms with Crippen molar-refractivity contribution in [1.82, 2.24) is 10.2 Å². The predicted octanol–water partition coefficient (Wildman–Crippen LogP) is 5.14. The molecule has 3 aromatic rings. The minimum Gasteiger partial charge on any atom is -0.481 e. The van der Waals surface area contributed by atoms with Gasteiger partial charge in [0.2, 0.25) is 5.13 Å². The van der Waals surface area contributed by atoms with E-state index in [4.69, 9.17) is 16.3 Å². The summed E-state index contributed by atoms with van der Waals surface area (Å²) >= 11 is 7.22. The first kappa shape index (κ1) is 18.9. The lowest BCUT2D eigenvalue weighted by atomic mass is 9.92. The van der Waals surface area contributed by atoms with Crippen molar-refractivity contribution in [2.75, 3.05) is 5.32 Å². The maximum atomic E-state index is 12.5. The van der Waals surface area contributed by atoms with Crippen molar-refractivity contribution >= 4 is 34.0 Å². The highest BCUT2D eigenvalue weighted by Gasteiger charge is 2.18. The molecule has 1 aliphatic carbocycles. The molecule has 5 nitrogen and oxygen atoms in total. The van der Waals surface area contributed by atoms with Gasteiger partial charge >= 0.3 is 0 Å². The van der Waals surface area contributed by atoms with Gasteiger partial charge in [-0.05, 0) is 68.0 Å². The molecule has 0 saturated carbocycles. The molecule has 1 amide bonds. The van der Waals surface area contributed by atoms with Gasteiger partial charge in [-0.3, -0.25) is 10.1 Å². The molecule has 0 saturated heterocycles. The molecule has 1 N–H and O–H groups in total. The Morgan fingerprint density at radius 1 is 1.11 bits per heavy atom. The number of anilines is 1. The van der Waals surface area contributed by atoms with Gasteiger partial charge in [0.25, 0.3) is 5.91 Å². The Kier molecular flexibility index (Phi) is 5.59. The van der Waals surface area contributed by atoms with Gasteiger partial charge in [-0.2, -0.15) is 0 Å². The second-order valence-electron chi connectivity index (χ2n) is 6.81. The van der Waals surface area contributed by atoms with E-state index in [1.54, 1.807) is 19.1 Å². The van der Waals surface area contributed by atoms with Crippen LogP contribution in [0, 0.1) is 0 Å². The standard InChI is InChI=1S/C21H20ClN3O2S/c1-13(27-18-11-8-14-4-2-3-5-16(14)12-18)19(26)23-21-25-24-20(28-21)15-6-9-17(22)10-7-15/h6-13H,2-5H2,1H3,(H,23,25,26)/t13-/m0/s1. The van der Waals surface area contributed by atoms with Crippen molar-refractivity contribution in [2.45, 2.75) is 38.7 Å². The Labute approximate surface area is 172 Å². The van der Waals surface area contributed by atoms with E-state index in [9.17, 15) is 4.79 Å². The molecule has 1 aliphatic rings. The maximum Gasteiger partial charge on any atom is 0.266 e. The monoisotopic (exact) mass is 413 g/mol. The molecular weight excluding hydrogens is 394 g/mol. The molecule has 7 heteroatoms. The molecule has 0 unspecified atom stereocenters. The number of carbonyl (C=O) groups is 1. The number of nitrogens with zero attached hydrogens (tertiary/aromatic N) is 2. The molecule has 144 valence electrons. The topological polar surface area (TPSA) is 64.1 Å². The highest BCUT2D eigenvalue weighted by atomic mass is 35.5. The zero-order chi connectivity index (χ0) is 19.5. The second kappa shape index (κ2) is 8.29. The maximum absolute atomic E-state index is 12.5. The van der Waals surface area contributed by atoms with E-state index >= 15 is 0 Å². The molecule has 0 fully saturated rings. The average Bonchev–Trinajstić information content (AvgIpc) is 3.17. The lowest BCUT2D eigenvalue weighted by Crippen LogP contribution is -2.30. The van der Waals surface area contributed by atoms with Crippen LogP contribution in [0.3, 0.4) is 0 Å². The third-order valence-electron chi connectivity index (χ3n) is 4.75. The molecule has 0 bridgehead atoms. The quantitative estimate of drug-likeness (QED) is 0.628. The average molecular weight is 414 g/mol. The largest absolute Gasteiger partial charge is 0.481 e. The molecule has 1 heterocycles. The van der Waals surface area contributed by atoms with Gasteiger partial charge in [-0.25, -0.2) is 0 Å². The van der Waals surface area contributed by atoms with Crippen LogP contribution in [0.2, 0.25) is 5.02 Å². The van der Waals surface area contributed by atoms with Crippen molar-refractivity contribution < 1.29 is 9.53 Å². The van der Waals surface area contributed by atoms with Crippen molar-refractivity contribution in [3.8, 4) is 16.3 Å². The lowest BCUT2D eigenvalue weighted by Gasteiger charge is -2.18. The van der Waals surface area contributed by atoms with Crippen molar-refractivity contribution in [1.29, 1.82) is 0 Å². The van der Waals surface area contributed by atoms with Crippen molar-refractivity contribution in [2.24, 2.45) is 0 Å². The summed E-state index contributed by atoms with van der Waals surface area (Å²) < 4.78 is 5.85. The summed E-state index contributed by atoms with van der Waals surface area (Å²) in [6, 6.07) is 13.4. The summed E-state index contributed by atoms with van der Waals surface area (Å²) in [4.78, 5) is 12.5. The number of benzene rings is 2. The Morgan fingerprint density at radius 3 is 2.64 bits per heavy atom. The highest BCUT2D eigenvalue weighted by Crippen LogP contribution is 2.28. The van der Waals surface area contributed by atoms with Gasteiger partial charge in [0, 0.05) is 10.6 Å². The van der Waals surface area contributed by atoms with Crippen molar-refractivity contribution in [3.05, 3.63) is 58.6 Å². The van der Waals surface area contributed by atoms with Crippen LogP contribution in [0.1, 0.15) is 30.9 Å². The minimum atomic E-state index is -0.635. The summed E-state index contributed by atoms with van der Waals surface area (Å²) in [6.07, 6.45) is 4.01. The summed E-state index contributed by atoms with van der Waals surface area (Å²) in [5, 5.41) is 12.8. The fourth-order valence-corrected chi connectivity index (χ4v) is 4.11. The number of amides is 1. The van der Waals surface area contributed by atoms with E-state index in [1.165, 1.54) is 35.3 Å². The van der Waals surface area contributed by atoms with E-state index in [-0.39, 0.29) is 5.91 Å². The Hall–Kier alpha value is -2.44. The van der Waals surface area contributed by atoms with Crippen LogP contribution in [-0.2, 0) is 17.6 Å². The first-order valence-electron chi connectivity index (χ1n) is 9.27. The third kappa shape index (κ3) is 4.34. The molecule has 0 radical (unpaired) electrons. The van der Waals surface area contributed by atoms with E-state index < -0.39 is 6.10 Å². The number of nitrogens with one attached hydrogen (secondary N) is 1. The zero-order valence-electron chi connectivity index (χ0n) is 15.4. The summed E-state index contributed by atoms with van der Waals surface area (Å²) in [5.74, 6) is 0.471. The molecule has 28 heavy (non-hydrogen) atoms. The van der Waals surface area contributed by atoms with Crippen LogP contribution < -0.4 is 10.1 Å². The van der Waals surface area contributed by atoms with Crippen LogP contribution >= 0.6 is 22.9 Å². The highest BCUT2D eigenvalue weighted by molar-refractivity contribution is 7.18. The number of hydrogen-bond acceptors (Lipinski definition) is 5. The lowest BCUT2D eigenvalue weighted by molar-refractivity contribution is -0.122. The molecule has 4 rings (SSSR count). The number of fused-ring (bicyclic) bond motifs is 1. The third-order valence-corrected chi connectivity index (χ3v) is 5.89. The Bertz CT molecular complexity index is 988. The first-order chi connectivity index (χ1) is 13.6. The normalized spacial score (nSPS) is 14.2. The Morgan fingerprint density at radius 2 is 1.86 bits per heavy atom. The molecule has 2 aromatic carbocycles. The van der Waals surface area contributed by atoms with Crippen LogP contribution in [0.4, 0.5) is 5.13 Å². The summed E-state index contributed by atoms with van der Waals surface area (Å²) in [6.45, 7) is 1.73. The minimum absolute atomic E-state index is 0.253. The summed E-state index contributed by atoms with van der Waals surface area (Å²) in [5.41, 5.74) is 3.62. The molecule has 0 aliphatic heterocycles. The number of aryl methyl sites for hydroxylation is 2. The first-order valence-corrected chi connectivity index (χ1v) is 10.5. The van der Waals surface area contributed by atoms with E-state index in [1.807, 2.05) is 18.2 Å². The smallest absolute Gasteiger partial charge is 0.266 e. The molecule has 1 aromatic heterocycles. The number of rotatable bonds is 5. The number of halogens is 1.